The second kappa shape index (κ2) is 16.6. The number of carbonyl (C=O) groups excluding carboxylic acids is 1. The molecule has 0 atom stereocenters. The molecule has 4 heteroatoms. The summed E-state index contributed by atoms with van der Waals surface area (Å²) in [4.78, 5) is 9.18. The van der Waals surface area contributed by atoms with Crippen LogP contribution in [0.4, 0.5) is 0 Å². The summed E-state index contributed by atoms with van der Waals surface area (Å²) in [5.41, 5.74) is 0. The van der Waals surface area contributed by atoms with Crippen molar-refractivity contribution in [2.24, 2.45) is 0 Å². The van der Waals surface area contributed by atoms with Crippen LogP contribution in [0.1, 0.15) is 6.92 Å². The topological polar surface area (TPSA) is 56.3 Å². The van der Waals surface area contributed by atoms with E-state index in [4.69, 9.17) is 0 Å². The summed E-state index contributed by atoms with van der Waals surface area (Å²) in [6, 6.07) is 0. The molecule has 0 bridgehead atoms. The van der Waals surface area contributed by atoms with Crippen LogP contribution in [0.25, 0.3) is 0 Å². The molecule has 3 nitrogen and oxygen atoms in total. The van der Waals surface area contributed by atoms with Crippen molar-refractivity contribution in [1.29, 1.82) is 0 Å². The monoisotopic (exact) mass is 98.1 g/mol. The first kappa shape index (κ1) is 15.7. The van der Waals surface area contributed by atoms with Gasteiger partial charge in [0.2, 0.25) is 0 Å². The Kier molecular flexibility index (Phi) is 37.4. The molecule has 1 N–H and O–H groups in total. The van der Waals surface area contributed by atoms with Crippen molar-refractivity contribution >= 4 is 6.47 Å². The SMILES string of the molecule is CCOC=O.[Li+].[OH-]. The minimum absolute atomic E-state index is 0. The van der Waals surface area contributed by atoms with Crippen molar-refractivity contribution in [2.45, 2.75) is 6.92 Å². The summed E-state index contributed by atoms with van der Waals surface area (Å²) in [5.74, 6) is 0. The quantitative estimate of drug-likeness (QED) is 0.273. The van der Waals surface area contributed by atoms with E-state index in [9.17, 15) is 4.79 Å². The largest absolute Gasteiger partial charge is 1.00 e. The molecule has 0 rings (SSSR count). The van der Waals surface area contributed by atoms with Crippen molar-refractivity contribution in [3.05, 3.63) is 0 Å². The first-order valence-corrected chi connectivity index (χ1v) is 1.47. The van der Waals surface area contributed by atoms with E-state index >= 15 is 0 Å². The summed E-state index contributed by atoms with van der Waals surface area (Å²) in [7, 11) is 0. The van der Waals surface area contributed by atoms with Crippen LogP contribution in [0.5, 0.6) is 0 Å². The van der Waals surface area contributed by atoms with Crippen molar-refractivity contribution in [1.82, 2.24) is 0 Å². The predicted molar refractivity (Wildman–Crippen MR) is 19.6 cm³/mol. The van der Waals surface area contributed by atoms with Gasteiger partial charge in [0.15, 0.2) is 0 Å². The van der Waals surface area contributed by atoms with Crippen LogP contribution < -0.4 is 18.9 Å². The molecule has 0 radical (unpaired) electrons. The van der Waals surface area contributed by atoms with Crippen LogP contribution in [0.3, 0.4) is 0 Å². The van der Waals surface area contributed by atoms with E-state index in [1.165, 1.54) is 0 Å². The third-order valence-electron chi connectivity index (χ3n) is 0.235. The normalized spacial score (nSPS) is 4.71. The van der Waals surface area contributed by atoms with E-state index in [0.717, 1.165) is 0 Å². The number of rotatable bonds is 2. The van der Waals surface area contributed by atoms with Gasteiger partial charge in [-0.05, 0) is 6.92 Å². The Bertz CT molecular complexity index is 31.4. The molecule has 0 heterocycles. The Labute approximate surface area is 54.5 Å². The molecule has 0 spiro atoms. The van der Waals surface area contributed by atoms with E-state index in [1.54, 1.807) is 6.92 Å². The maximum atomic E-state index is 9.18. The molecule has 0 unspecified atom stereocenters. The Morgan fingerprint density at radius 3 is 2.14 bits per heavy atom. The molecule has 0 aromatic carbocycles. The molecule has 0 fully saturated rings. The van der Waals surface area contributed by atoms with Crippen LogP contribution in [-0.4, -0.2) is 18.6 Å². The molecule has 0 aliphatic heterocycles. The van der Waals surface area contributed by atoms with E-state index in [-0.39, 0.29) is 24.3 Å². The van der Waals surface area contributed by atoms with Gasteiger partial charge < -0.3 is 10.2 Å². The summed E-state index contributed by atoms with van der Waals surface area (Å²) in [6.07, 6.45) is 0. The molecule has 0 saturated heterocycles. The molecule has 0 aliphatic rings. The van der Waals surface area contributed by atoms with Crippen molar-refractivity contribution in [3.8, 4) is 0 Å². The van der Waals surface area contributed by atoms with Gasteiger partial charge in [-0.15, -0.1) is 0 Å². The first-order chi connectivity index (χ1) is 2.41. The maximum absolute atomic E-state index is 9.18. The first-order valence-electron chi connectivity index (χ1n) is 1.47. The summed E-state index contributed by atoms with van der Waals surface area (Å²) >= 11 is 0. The van der Waals surface area contributed by atoms with Gasteiger partial charge in [-0.1, -0.05) is 0 Å². The fourth-order valence-electron chi connectivity index (χ4n) is 0.0680. The van der Waals surface area contributed by atoms with Gasteiger partial charge in [0, 0.05) is 0 Å². The molecule has 0 amide bonds. The minimum atomic E-state index is 0. The maximum Gasteiger partial charge on any atom is 1.00 e. The van der Waals surface area contributed by atoms with Crippen molar-refractivity contribution < 1.29 is 33.9 Å². The zero-order chi connectivity index (χ0) is 4.12. The molecule has 0 aromatic rings. The minimum Gasteiger partial charge on any atom is -0.870 e. The fraction of sp³-hybridized carbons (Fsp3) is 0.667. The van der Waals surface area contributed by atoms with Gasteiger partial charge >= 0.3 is 18.9 Å². The average Bonchev–Trinajstić information content (AvgIpc) is 1.41. The molecule has 0 aromatic heterocycles. The van der Waals surface area contributed by atoms with Crippen LogP contribution in [0.15, 0.2) is 0 Å². The molecule has 38 valence electrons. The van der Waals surface area contributed by atoms with Gasteiger partial charge in [0.1, 0.15) is 0 Å². The number of carbonyl (C=O) groups is 1. The molecular weight excluding hydrogens is 91.0 g/mol. The van der Waals surface area contributed by atoms with E-state index in [2.05, 4.69) is 4.74 Å². The Morgan fingerprint density at radius 2 is 2.14 bits per heavy atom. The van der Waals surface area contributed by atoms with E-state index in [0.29, 0.717) is 13.1 Å². The van der Waals surface area contributed by atoms with Gasteiger partial charge in [-0.3, -0.25) is 4.79 Å². The molecule has 0 aliphatic carbocycles. The van der Waals surface area contributed by atoms with Gasteiger partial charge in [0.05, 0.1) is 6.61 Å². The zero-order valence-corrected chi connectivity index (χ0v) is 4.55. The second-order valence-electron chi connectivity index (χ2n) is 0.552. The Hall–Kier alpha value is 0.0274. The average molecular weight is 98.0 g/mol. The fourth-order valence-corrected chi connectivity index (χ4v) is 0.0680. The summed E-state index contributed by atoms with van der Waals surface area (Å²) in [5, 5.41) is 0. The van der Waals surface area contributed by atoms with Crippen molar-refractivity contribution in [3.63, 3.8) is 0 Å². The summed E-state index contributed by atoms with van der Waals surface area (Å²) in [6.45, 7) is 2.66. The summed E-state index contributed by atoms with van der Waals surface area (Å²) < 4.78 is 4.15. The van der Waals surface area contributed by atoms with Crippen molar-refractivity contribution in [2.75, 3.05) is 6.61 Å². The second-order valence-corrected chi connectivity index (χ2v) is 0.552. The van der Waals surface area contributed by atoms with Gasteiger partial charge in [-0.25, -0.2) is 0 Å². The standard InChI is InChI=1S/C3H6O2.Li.H2O/c1-2-5-3-4;;/h3H,2H2,1H3;;1H2/q;+1;/p-1. The molecular formula is C3H7LiO3. The van der Waals surface area contributed by atoms with Crippen LogP contribution >= 0.6 is 0 Å². The Morgan fingerprint density at radius 1 is 1.71 bits per heavy atom. The zero-order valence-electron chi connectivity index (χ0n) is 4.55. The third kappa shape index (κ3) is 23.8. The van der Waals surface area contributed by atoms with E-state index < -0.39 is 0 Å². The molecule has 7 heavy (non-hydrogen) atoms. The third-order valence-corrected chi connectivity index (χ3v) is 0.235. The van der Waals surface area contributed by atoms with Gasteiger partial charge in [-0.2, -0.15) is 0 Å². The number of hydrogen-bond donors (Lipinski definition) is 0. The van der Waals surface area contributed by atoms with Crippen LogP contribution in [0, 0.1) is 0 Å². The molecule has 0 saturated carbocycles. The predicted octanol–water partition coefficient (Wildman–Crippen LogP) is -2.99. The number of hydrogen-bond acceptors (Lipinski definition) is 3. The Balaban J connectivity index is -0.0000000800. The van der Waals surface area contributed by atoms with Gasteiger partial charge in [0.25, 0.3) is 6.47 Å². The smallest absolute Gasteiger partial charge is 0.870 e. The number of ether oxygens (including phenoxy) is 1. The van der Waals surface area contributed by atoms with Crippen LogP contribution in [-0.2, 0) is 9.53 Å². The van der Waals surface area contributed by atoms with Crippen LogP contribution in [0.2, 0.25) is 0 Å². The van der Waals surface area contributed by atoms with E-state index in [1.807, 2.05) is 0 Å².